The van der Waals surface area contributed by atoms with E-state index in [1.54, 1.807) is 42.3 Å². The maximum absolute atomic E-state index is 15.0. The first-order valence-corrected chi connectivity index (χ1v) is 13.3. The van der Waals surface area contributed by atoms with Crippen molar-refractivity contribution in [3.8, 4) is 5.75 Å². The fourth-order valence-corrected chi connectivity index (χ4v) is 5.00. The predicted molar refractivity (Wildman–Crippen MR) is 152 cm³/mol. The van der Waals surface area contributed by atoms with Crippen molar-refractivity contribution >= 4 is 34.2 Å². The van der Waals surface area contributed by atoms with Gasteiger partial charge >= 0.3 is 0 Å². The van der Waals surface area contributed by atoms with Crippen LogP contribution in [0.15, 0.2) is 36.4 Å². The summed E-state index contributed by atoms with van der Waals surface area (Å²) in [4.78, 5) is 39.3. The monoisotopic (exact) mass is 547 g/mol. The molecular formula is C29H36B2FN3O5. The molecule has 1 aliphatic heterocycles. The average Bonchev–Trinajstić information content (AvgIpc) is 2.90. The van der Waals surface area contributed by atoms with Gasteiger partial charge in [-0.05, 0) is 51.1 Å². The van der Waals surface area contributed by atoms with Crippen LogP contribution in [0.25, 0.3) is 0 Å². The molecule has 2 aromatic rings. The van der Waals surface area contributed by atoms with Crippen molar-refractivity contribution in [3.63, 3.8) is 0 Å². The van der Waals surface area contributed by atoms with Crippen molar-refractivity contribution in [1.29, 1.82) is 0 Å². The lowest BCUT2D eigenvalue weighted by Gasteiger charge is -2.36. The first kappa shape index (κ1) is 31.5. The van der Waals surface area contributed by atoms with E-state index in [0.29, 0.717) is 24.0 Å². The van der Waals surface area contributed by atoms with Crippen LogP contribution in [0.5, 0.6) is 5.75 Å². The van der Waals surface area contributed by atoms with E-state index in [4.69, 9.17) is 25.2 Å². The standard InChI is InChI=1S/C29H36B2FN3O5/c1-19-13-35(14-20(2)39-19)15-21-8-10-26(32)25(12-21)29(30,31)40-27-7-5-6-22(17-36)24(27)16-34(4)23(18-37)9-11-28(38)33-3/h5-8,10,12,17-20,23H,9,11,13-16H2,1-4H3,(H,33,38). The number of carbonyl (C=O) groups excluding carboxylic acids is 3. The number of nitrogens with one attached hydrogen (secondary N) is 1. The third-order valence-electron chi connectivity index (χ3n) is 7.00. The molecule has 3 atom stereocenters. The smallest absolute Gasteiger partial charge is 0.219 e. The van der Waals surface area contributed by atoms with E-state index in [1.165, 1.54) is 13.1 Å². The van der Waals surface area contributed by atoms with Gasteiger partial charge in [0.25, 0.3) is 0 Å². The molecule has 0 spiro atoms. The Labute approximate surface area is 238 Å². The highest BCUT2D eigenvalue weighted by molar-refractivity contribution is 6.39. The largest absolute Gasteiger partial charge is 0.502 e. The van der Waals surface area contributed by atoms with Crippen molar-refractivity contribution in [1.82, 2.24) is 15.1 Å². The second-order valence-electron chi connectivity index (χ2n) is 10.4. The number of aldehydes is 2. The van der Waals surface area contributed by atoms with Gasteiger partial charge in [0, 0.05) is 56.3 Å². The number of halogens is 1. The molecule has 1 heterocycles. The summed E-state index contributed by atoms with van der Waals surface area (Å²) in [5, 5.41) is 0.465. The fourth-order valence-electron chi connectivity index (χ4n) is 5.00. The molecule has 3 unspecified atom stereocenters. The van der Waals surface area contributed by atoms with Crippen LogP contribution in [0.2, 0.25) is 0 Å². The van der Waals surface area contributed by atoms with Gasteiger partial charge in [-0.3, -0.25) is 19.4 Å². The topological polar surface area (TPSA) is 88.2 Å². The Hall–Kier alpha value is -3.01. The van der Waals surface area contributed by atoms with Crippen LogP contribution in [0.1, 0.15) is 53.7 Å². The molecule has 210 valence electrons. The predicted octanol–water partition coefficient (Wildman–Crippen LogP) is 2.30. The number of ether oxygens (including phenoxy) is 2. The summed E-state index contributed by atoms with van der Waals surface area (Å²) in [6.45, 7) is 6.18. The molecule has 1 fully saturated rings. The molecule has 4 radical (unpaired) electrons. The normalized spacial score (nSPS) is 18.8. The first-order valence-electron chi connectivity index (χ1n) is 13.3. The molecule has 1 N–H and O–H groups in total. The molecule has 0 saturated carbocycles. The number of benzene rings is 2. The number of likely N-dealkylation sites (N-methyl/N-ethyl adjacent to an activating group) is 1. The van der Waals surface area contributed by atoms with Crippen LogP contribution < -0.4 is 10.1 Å². The summed E-state index contributed by atoms with van der Waals surface area (Å²) in [6.07, 6.45) is 2.03. The summed E-state index contributed by atoms with van der Waals surface area (Å²) >= 11 is 0. The van der Waals surface area contributed by atoms with E-state index in [2.05, 4.69) is 10.2 Å². The van der Waals surface area contributed by atoms with Crippen LogP contribution >= 0.6 is 0 Å². The molecular weight excluding hydrogens is 511 g/mol. The Balaban J connectivity index is 1.84. The van der Waals surface area contributed by atoms with E-state index in [0.717, 1.165) is 24.9 Å². The maximum atomic E-state index is 15.0. The van der Waals surface area contributed by atoms with Crippen molar-refractivity contribution in [2.75, 3.05) is 27.2 Å². The number of hydrogen-bond donors (Lipinski definition) is 1. The quantitative estimate of drug-likeness (QED) is 0.304. The lowest BCUT2D eigenvalue weighted by molar-refractivity contribution is -0.121. The van der Waals surface area contributed by atoms with Crippen LogP contribution in [-0.2, 0) is 32.8 Å². The Morgan fingerprint density at radius 3 is 2.58 bits per heavy atom. The molecule has 2 aromatic carbocycles. The minimum absolute atomic E-state index is 0.0356. The van der Waals surface area contributed by atoms with Gasteiger partial charge in [0.05, 0.1) is 23.6 Å². The van der Waals surface area contributed by atoms with Gasteiger partial charge in [0.2, 0.25) is 5.91 Å². The molecule has 3 rings (SSSR count). The zero-order valence-electron chi connectivity index (χ0n) is 23.6. The molecule has 1 saturated heterocycles. The van der Waals surface area contributed by atoms with Gasteiger partial charge in [0.1, 0.15) is 33.5 Å². The van der Waals surface area contributed by atoms with Gasteiger partial charge in [-0.2, -0.15) is 0 Å². The van der Waals surface area contributed by atoms with Crippen LogP contribution in [0, 0.1) is 5.82 Å². The van der Waals surface area contributed by atoms with E-state index in [9.17, 15) is 14.4 Å². The minimum Gasteiger partial charge on any atom is -0.502 e. The average molecular weight is 547 g/mol. The van der Waals surface area contributed by atoms with E-state index >= 15 is 4.39 Å². The van der Waals surface area contributed by atoms with Crippen LogP contribution in [-0.4, -0.2) is 89.4 Å². The fraction of sp³-hybridized carbons (Fsp3) is 0.483. The Kier molecular flexibility index (Phi) is 11.1. The SMILES string of the molecule is [B]C([B])(Oc1cccc(C=O)c1CN(C)C(C=O)CCC(=O)NC)c1cc(CN2CC(C)OC(C)C2)ccc1F. The molecule has 0 aromatic heterocycles. The molecule has 8 nitrogen and oxygen atoms in total. The highest BCUT2D eigenvalue weighted by Crippen LogP contribution is 2.31. The third-order valence-corrected chi connectivity index (χ3v) is 7.00. The molecule has 40 heavy (non-hydrogen) atoms. The number of hydrogen-bond acceptors (Lipinski definition) is 7. The van der Waals surface area contributed by atoms with Gasteiger partial charge < -0.3 is 19.6 Å². The molecule has 11 heteroatoms. The Morgan fingerprint density at radius 1 is 1.25 bits per heavy atom. The van der Waals surface area contributed by atoms with Crippen molar-refractivity contribution in [2.24, 2.45) is 0 Å². The molecule has 0 bridgehead atoms. The number of amides is 1. The zero-order valence-corrected chi connectivity index (χ0v) is 23.6. The second kappa shape index (κ2) is 14.1. The lowest BCUT2D eigenvalue weighted by Crippen LogP contribution is -2.44. The lowest BCUT2D eigenvalue weighted by atomic mass is 9.60. The summed E-state index contributed by atoms with van der Waals surface area (Å²) in [7, 11) is 16.0. The van der Waals surface area contributed by atoms with Crippen molar-refractivity contribution < 1.29 is 28.2 Å². The highest BCUT2D eigenvalue weighted by atomic mass is 19.1. The third kappa shape index (κ3) is 8.25. The number of carbonyl (C=O) groups is 3. The zero-order chi connectivity index (χ0) is 29.4. The van der Waals surface area contributed by atoms with Gasteiger partial charge in [0.15, 0.2) is 6.29 Å². The van der Waals surface area contributed by atoms with Gasteiger partial charge in [-0.25, -0.2) is 4.39 Å². The Bertz CT molecular complexity index is 1190. The molecule has 1 aliphatic rings. The van der Waals surface area contributed by atoms with Crippen LogP contribution in [0.4, 0.5) is 4.39 Å². The number of nitrogens with zero attached hydrogens (tertiary/aromatic N) is 2. The number of rotatable bonds is 13. The van der Waals surface area contributed by atoms with Crippen molar-refractivity contribution in [2.45, 2.75) is 63.4 Å². The first-order chi connectivity index (χ1) is 19.0. The molecule has 0 aliphatic carbocycles. The summed E-state index contributed by atoms with van der Waals surface area (Å²) in [5.41, 5.74) is 1.51. The van der Waals surface area contributed by atoms with Crippen LogP contribution in [0.3, 0.4) is 0 Å². The van der Waals surface area contributed by atoms with E-state index < -0.39 is 17.3 Å². The number of morpholine rings is 1. The van der Waals surface area contributed by atoms with E-state index in [-0.39, 0.29) is 48.8 Å². The van der Waals surface area contributed by atoms with E-state index in [1.807, 2.05) is 13.8 Å². The minimum atomic E-state index is -2.07. The van der Waals surface area contributed by atoms with Crippen molar-refractivity contribution in [3.05, 3.63) is 64.5 Å². The summed E-state index contributed by atoms with van der Waals surface area (Å²) in [6, 6.07) is 8.79. The summed E-state index contributed by atoms with van der Waals surface area (Å²) in [5.74, 6) is -0.633. The maximum Gasteiger partial charge on any atom is 0.219 e. The summed E-state index contributed by atoms with van der Waals surface area (Å²) < 4.78 is 26.8. The molecule has 1 amide bonds. The second-order valence-corrected chi connectivity index (χ2v) is 10.4. The van der Waals surface area contributed by atoms with Gasteiger partial charge in [-0.15, -0.1) is 0 Å². The van der Waals surface area contributed by atoms with Gasteiger partial charge in [-0.1, -0.05) is 18.2 Å². The Morgan fingerprint density at radius 2 is 1.95 bits per heavy atom. The highest BCUT2D eigenvalue weighted by Gasteiger charge is 2.29.